The number of morpholine rings is 1. The molecule has 0 aromatic heterocycles. The van der Waals surface area contributed by atoms with Crippen LogP contribution in [0.2, 0.25) is 0 Å². The molecule has 0 bridgehead atoms. The molecule has 182 valence electrons. The van der Waals surface area contributed by atoms with E-state index in [1.165, 1.54) is 0 Å². The maximum Gasteiger partial charge on any atom is 0.317 e. The number of nitrogens with zero attached hydrogens (tertiary/aromatic N) is 2. The van der Waals surface area contributed by atoms with Gasteiger partial charge in [-0.15, -0.1) is 0 Å². The zero-order valence-corrected chi connectivity index (χ0v) is 19.9. The number of methoxy groups -OCH3 is 2. The first-order valence-corrected chi connectivity index (χ1v) is 11.8. The van der Waals surface area contributed by atoms with Gasteiger partial charge in [-0.2, -0.15) is 0 Å². The number of hydrogen-bond acceptors (Lipinski definition) is 5. The van der Waals surface area contributed by atoms with Crippen molar-refractivity contribution in [3.63, 3.8) is 0 Å². The highest BCUT2D eigenvalue weighted by Crippen LogP contribution is 2.32. The fourth-order valence-electron chi connectivity index (χ4n) is 4.15. The molecule has 34 heavy (non-hydrogen) atoms. The zero-order valence-electron chi connectivity index (χ0n) is 19.9. The summed E-state index contributed by atoms with van der Waals surface area (Å²) in [5.74, 6) is 1.57. The van der Waals surface area contributed by atoms with Crippen LogP contribution in [0.4, 0.5) is 4.79 Å². The standard InChI is InChI=1S/C26H33N3O5/c1-32-23-11-10-21(14-24(23)33-2)25(30)29(16-20-8-9-20)18-22-17-28(12-13-34-22)26(31)27-15-19-6-4-3-5-7-19/h3-7,10-11,14,20,22H,8-9,12-13,15-18H2,1-2H3,(H,27,31)/t22-/m1/s1. The third kappa shape index (κ3) is 6.20. The second-order valence-electron chi connectivity index (χ2n) is 8.81. The molecule has 2 aliphatic rings. The first kappa shape index (κ1) is 23.9. The molecule has 1 heterocycles. The van der Waals surface area contributed by atoms with Crippen LogP contribution in [0.25, 0.3) is 0 Å². The van der Waals surface area contributed by atoms with Crippen LogP contribution < -0.4 is 14.8 Å². The molecule has 0 spiro atoms. The Balaban J connectivity index is 1.38. The Hall–Kier alpha value is -3.26. The van der Waals surface area contributed by atoms with Gasteiger partial charge < -0.3 is 29.3 Å². The predicted molar refractivity (Wildman–Crippen MR) is 128 cm³/mol. The maximum atomic E-state index is 13.4. The average molecular weight is 468 g/mol. The Bertz CT molecular complexity index is 980. The third-order valence-corrected chi connectivity index (χ3v) is 6.23. The molecule has 1 aliphatic heterocycles. The number of nitrogens with one attached hydrogen (secondary N) is 1. The predicted octanol–water partition coefficient (Wildman–Crippen LogP) is 3.17. The van der Waals surface area contributed by atoms with Gasteiger partial charge in [-0.3, -0.25) is 4.79 Å². The molecular weight excluding hydrogens is 434 g/mol. The van der Waals surface area contributed by atoms with Crippen molar-refractivity contribution in [2.24, 2.45) is 5.92 Å². The van der Waals surface area contributed by atoms with Gasteiger partial charge in [-0.1, -0.05) is 30.3 Å². The molecule has 8 heteroatoms. The Morgan fingerprint density at radius 3 is 2.53 bits per heavy atom. The van der Waals surface area contributed by atoms with Crippen LogP contribution in [-0.4, -0.2) is 74.8 Å². The largest absolute Gasteiger partial charge is 0.493 e. The van der Waals surface area contributed by atoms with Gasteiger partial charge in [0, 0.05) is 31.7 Å². The summed E-state index contributed by atoms with van der Waals surface area (Å²) in [6.07, 6.45) is 2.03. The van der Waals surface area contributed by atoms with Crippen molar-refractivity contribution in [3.05, 3.63) is 59.7 Å². The summed E-state index contributed by atoms with van der Waals surface area (Å²) in [5.41, 5.74) is 1.60. The van der Waals surface area contributed by atoms with Gasteiger partial charge in [0.1, 0.15) is 0 Å². The molecule has 1 saturated carbocycles. The van der Waals surface area contributed by atoms with E-state index in [2.05, 4.69) is 5.32 Å². The molecule has 0 unspecified atom stereocenters. The smallest absolute Gasteiger partial charge is 0.317 e. The summed E-state index contributed by atoms with van der Waals surface area (Å²) in [5, 5.41) is 2.98. The lowest BCUT2D eigenvalue weighted by Crippen LogP contribution is -2.53. The second kappa shape index (κ2) is 11.2. The van der Waals surface area contributed by atoms with Gasteiger partial charge in [0.15, 0.2) is 11.5 Å². The number of benzene rings is 2. The lowest BCUT2D eigenvalue weighted by Gasteiger charge is -2.36. The Labute approximate surface area is 200 Å². The van der Waals surface area contributed by atoms with Crippen LogP contribution in [0.1, 0.15) is 28.8 Å². The van der Waals surface area contributed by atoms with Crippen molar-refractivity contribution in [3.8, 4) is 11.5 Å². The molecule has 4 rings (SSSR count). The van der Waals surface area contributed by atoms with E-state index in [9.17, 15) is 9.59 Å². The van der Waals surface area contributed by atoms with E-state index in [0.29, 0.717) is 62.3 Å². The van der Waals surface area contributed by atoms with Gasteiger partial charge in [0.2, 0.25) is 0 Å². The van der Waals surface area contributed by atoms with Crippen molar-refractivity contribution >= 4 is 11.9 Å². The minimum atomic E-state index is -0.237. The number of hydrogen-bond donors (Lipinski definition) is 1. The van der Waals surface area contributed by atoms with Crippen molar-refractivity contribution < 1.29 is 23.8 Å². The zero-order chi connectivity index (χ0) is 23.9. The van der Waals surface area contributed by atoms with Crippen LogP contribution in [0.15, 0.2) is 48.5 Å². The summed E-state index contributed by atoms with van der Waals surface area (Å²) >= 11 is 0. The first-order valence-electron chi connectivity index (χ1n) is 11.8. The van der Waals surface area contributed by atoms with Gasteiger partial charge in [-0.25, -0.2) is 4.79 Å². The van der Waals surface area contributed by atoms with Crippen LogP contribution >= 0.6 is 0 Å². The highest BCUT2D eigenvalue weighted by atomic mass is 16.5. The van der Waals surface area contributed by atoms with E-state index >= 15 is 0 Å². The Morgan fingerprint density at radius 2 is 1.82 bits per heavy atom. The molecule has 8 nitrogen and oxygen atoms in total. The van der Waals surface area contributed by atoms with Gasteiger partial charge in [-0.05, 0) is 42.5 Å². The molecule has 1 N–H and O–H groups in total. The lowest BCUT2D eigenvalue weighted by atomic mass is 10.1. The topological polar surface area (TPSA) is 80.3 Å². The van der Waals surface area contributed by atoms with Crippen molar-refractivity contribution in [1.82, 2.24) is 15.1 Å². The van der Waals surface area contributed by atoms with Crippen LogP contribution in [-0.2, 0) is 11.3 Å². The number of carbonyl (C=O) groups is 2. The third-order valence-electron chi connectivity index (χ3n) is 6.23. The van der Waals surface area contributed by atoms with E-state index in [1.54, 1.807) is 37.3 Å². The van der Waals surface area contributed by atoms with Crippen molar-refractivity contribution in [1.29, 1.82) is 0 Å². The number of carbonyl (C=O) groups excluding carboxylic acids is 2. The Morgan fingerprint density at radius 1 is 1.06 bits per heavy atom. The SMILES string of the molecule is COc1ccc(C(=O)N(CC2CC2)C[C@H]2CN(C(=O)NCc3ccccc3)CCO2)cc1OC. The summed E-state index contributed by atoms with van der Waals surface area (Å²) < 4.78 is 16.6. The van der Waals surface area contributed by atoms with Crippen LogP contribution in [0.5, 0.6) is 11.5 Å². The molecule has 1 aliphatic carbocycles. The maximum absolute atomic E-state index is 13.4. The van der Waals surface area contributed by atoms with E-state index in [1.807, 2.05) is 35.2 Å². The second-order valence-corrected chi connectivity index (χ2v) is 8.81. The van der Waals surface area contributed by atoms with Crippen molar-refractivity contribution in [2.75, 3.05) is 47.0 Å². The summed E-state index contributed by atoms with van der Waals surface area (Å²) in [6.45, 7) is 3.03. The molecular formula is C26H33N3O5. The van der Waals surface area contributed by atoms with E-state index in [4.69, 9.17) is 14.2 Å². The Kier molecular flexibility index (Phi) is 7.90. The molecule has 2 aromatic rings. The quantitative estimate of drug-likeness (QED) is 0.613. The van der Waals surface area contributed by atoms with Crippen molar-refractivity contribution in [2.45, 2.75) is 25.5 Å². The minimum absolute atomic E-state index is 0.0675. The molecule has 1 atom stereocenters. The average Bonchev–Trinajstić information content (AvgIpc) is 3.71. The van der Waals surface area contributed by atoms with Gasteiger partial charge in [0.05, 0.1) is 33.5 Å². The number of urea groups is 1. The summed E-state index contributed by atoms with van der Waals surface area (Å²) in [6, 6.07) is 14.9. The van der Waals surface area contributed by atoms with Gasteiger partial charge >= 0.3 is 6.03 Å². The summed E-state index contributed by atoms with van der Waals surface area (Å²) in [4.78, 5) is 29.8. The van der Waals surface area contributed by atoms with E-state index in [-0.39, 0.29) is 18.0 Å². The first-order chi connectivity index (χ1) is 16.6. The number of ether oxygens (including phenoxy) is 3. The molecule has 1 saturated heterocycles. The fraction of sp³-hybridized carbons (Fsp3) is 0.462. The molecule has 2 aromatic carbocycles. The monoisotopic (exact) mass is 467 g/mol. The van der Waals surface area contributed by atoms with E-state index < -0.39 is 0 Å². The number of rotatable bonds is 9. The lowest BCUT2D eigenvalue weighted by molar-refractivity contribution is -0.0282. The fourth-order valence-corrected chi connectivity index (χ4v) is 4.15. The van der Waals surface area contributed by atoms with E-state index in [0.717, 1.165) is 18.4 Å². The summed E-state index contributed by atoms with van der Waals surface area (Å²) in [7, 11) is 3.13. The minimum Gasteiger partial charge on any atom is -0.493 e. The van der Waals surface area contributed by atoms with Gasteiger partial charge in [0.25, 0.3) is 5.91 Å². The highest BCUT2D eigenvalue weighted by Gasteiger charge is 2.32. The normalized spacial score (nSPS) is 17.7. The van der Waals surface area contributed by atoms with Crippen LogP contribution in [0, 0.1) is 5.92 Å². The molecule has 2 fully saturated rings. The molecule has 0 radical (unpaired) electrons. The van der Waals surface area contributed by atoms with Crippen LogP contribution in [0.3, 0.4) is 0 Å². The highest BCUT2D eigenvalue weighted by molar-refractivity contribution is 5.95. The number of amides is 3. The molecule has 3 amide bonds.